The van der Waals surface area contributed by atoms with Gasteiger partial charge in [0.2, 0.25) is 0 Å². The molecule has 0 bridgehead atoms. The van der Waals surface area contributed by atoms with E-state index in [1.54, 1.807) is 6.20 Å². The summed E-state index contributed by atoms with van der Waals surface area (Å²) in [7, 11) is 2.15. The summed E-state index contributed by atoms with van der Waals surface area (Å²) in [6, 6.07) is 12.0. The fourth-order valence-corrected chi connectivity index (χ4v) is 4.74. The van der Waals surface area contributed by atoms with Gasteiger partial charge in [-0.3, -0.25) is 9.78 Å². The molecule has 6 rings (SSSR count). The molecule has 3 N–H and O–H groups in total. The lowest BCUT2D eigenvalue weighted by molar-refractivity contribution is 0.0966. The molecule has 0 atom stereocenters. The van der Waals surface area contributed by atoms with Gasteiger partial charge < -0.3 is 25.4 Å². The van der Waals surface area contributed by atoms with Crippen LogP contribution in [0.25, 0.3) is 22.2 Å². The number of H-pyrrole nitrogens is 1. The summed E-state index contributed by atoms with van der Waals surface area (Å²) < 4.78 is 0. The van der Waals surface area contributed by atoms with Crippen molar-refractivity contribution in [2.24, 2.45) is 0 Å². The monoisotopic (exact) mass is 439 g/mol. The smallest absolute Gasteiger partial charge is 0.254 e. The molecule has 0 radical (unpaired) electrons. The van der Waals surface area contributed by atoms with Crippen molar-refractivity contribution >= 4 is 34.1 Å². The minimum Gasteiger partial charge on any atom is -0.368 e. The van der Waals surface area contributed by atoms with Gasteiger partial charge in [-0.25, -0.2) is 4.98 Å². The zero-order chi connectivity index (χ0) is 22.4. The number of fused-ring (bicyclic) bond motifs is 2. The second-order valence-corrected chi connectivity index (χ2v) is 8.61. The predicted molar refractivity (Wildman–Crippen MR) is 130 cm³/mol. The number of piperazine rings is 1. The Morgan fingerprint density at radius 1 is 0.970 bits per heavy atom. The maximum absolute atomic E-state index is 12.8. The SMILES string of the molecule is CN1CCN(c2ccc(Nc3ccc(-c4ccnc5cc[nH]c45)c4c3C(=O)NC4)nc2)CC1. The van der Waals surface area contributed by atoms with Gasteiger partial charge in [-0.05, 0) is 48.5 Å². The normalized spacial score (nSPS) is 16.2. The number of hydrogen-bond donors (Lipinski definition) is 3. The molecule has 0 unspecified atom stereocenters. The first-order chi connectivity index (χ1) is 16.2. The van der Waals surface area contributed by atoms with Crippen LogP contribution >= 0.6 is 0 Å². The van der Waals surface area contributed by atoms with Crippen molar-refractivity contribution in [2.45, 2.75) is 6.54 Å². The molecule has 1 saturated heterocycles. The average molecular weight is 440 g/mol. The number of hydrogen-bond acceptors (Lipinski definition) is 6. The topological polar surface area (TPSA) is 89.2 Å². The van der Waals surface area contributed by atoms with E-state index in [-0.39, 0.29) is 5.91 Å². The van der Waals surface area contributed by atoms with E-state index in [2.05, 4.69) is 54.6 Å². The number of likely N-dealkylation sites (N-methyl/N-ethyl adjacent to an activating group) is 1. The van der Waals surface area contributed by atoms with Gasteiger partial charge in [-0.2, -0.15) is 0 Å². The summed E-state index contributed by atoms with van der Waals surface area (Å²) in [5.74, 6) is 0.651. The first-order valence-corrected chi connectivity index (χ1v) is 11.2. The van der Waals surface area contributed by atoms with Gasteiger partial charge in [-0.1, -0.05) is 6.07 Å². The molecular formula is C25H25N7O. The van der Waals surface area contributed by atoms with Crippen LogP contribution in [0, 0.1) is 0 Å². The van der Waals surface area contributed by atoms with Gasteiger partial charge >= 0.3 is 0 Å². The van der Waals surface area contributed by atoms with Crippen LogP contribution in [0.3, 0.4) is 0 Å². The molecule has 1 fully saturated rings. The number of rotatable bonds is 4. The van der Waals surface area contributed by atoms with Crippen molar-refractivity contribution in [3.8, 4) is 11.1 Å². The van der Waals surface area contributed by atoms with E-state index in [4.69, 9.17) is 0 Å². The zero-order valence-corrected chi connectivity index (χ0v) is 18.4. The molecular weight excluding hydrogens is 414 g/mol. The third-order valence-electron chi connectivity index (χ3n) is 6.58. The summed E-state index contributed by atoms with van der Waals surface area (Å²) in [6.45, 7) is 4.62. The third kappa shape index (κ3) is 3.48. The minimum atomic E-state index is -0.0693. The molecule has 5 heterocycles. The van der Waals surface area contributed by atoms with Crippen molar-refractivity contribution in [3.63, 3.8) is 0 Å². The summed E-state index contributed by atoms with van der Waals surface area (Å²) >= 11 is 0. The summed E-state index contributed by atoms with van der Waals surface area (Å²) in [4.78, 5) is 29.8. The molecule has 1 aromatic carbocycles. The number of aromatic nitrogens is 3. The zero-order valence-electron chi connectivity index (χ0n) is 18.4. The molecule has 0 spiro atoms. The molecule has 33 heavy (non-hydrogen) atoms. The Bertz CT molecular complexity index is 1340. The fourth-order valence-electron chi connectivity index (χ4n) is 4.74. The fraction of sp³-hybridized carbons (Fsp3) is 0.240. The van der Waals surface area contributed by atoms with E-state index < -0.39 is 0 Å². The van der Waals surface area contributed by atoms with Gasteiger partial charge in [0, 0.05) is 50.7 Å². The second kappa shape index (κ2) is 7.90. The van der Waals surface area contributed by atoms with E-state index in [9.17, 15) is 4.79 Å². The van der Waals surface area contributed by atoms with Crippen LogP contribution in [0.2, 0.25) is 0 Å². The highest BCUT2D eigenvalue weighted by atomic mass is 16.1. The Kier molecular flexibility index (Phi) is 4.73. The van der Waals surface area contributed by atoms with Gasteiger partial charge in [-0.15, -0.1) is 0 Å². The van der Waals surface area contributed by atoms with E-state index in [0.29, 0.717) is 12.1 Å². The number of carbonyl (C=O) groups excluding carboxylic acids is 1. The maximum atomic E-state index is 12.8. The number of nitrogens with one attached hydrogen (secondary N) is 3. The molecule has 8 heteroatoms. The molecule has 1 amide bonds. The van der Waals surface area contributed by atoms with Crippen LogP contribution < -0.4 is 15.5 Å². The highest BCUT2D eigenvalue weighted by Gasteiger charge is 2.27. The van der Waals surface area contributed by atoms with Crippen LogP contribution in [0.5, 0.6) is 0 Å². The van der Waals surface area contributed by atoms with Crippen molar-refractivity contribution in [3.05, 3.63) is 66.1 Å². The number of anilines is 3. The number of pyridine rings is 2. The molecule has 4 aromatic rings. The summed E-state index contributed by atoms with van der Waals surface area (Å²) in [5.41, 5.74) is 7.50. The predicted octanol–water partition coefficient (Wildman–Crippen LogP) is 3.36. The Morgan fingerprint density at radius 3 is 2.67 bits per heavy atom. The van der Waals surface area contributed by atoms with Crippen LogP contribution in [0.1, 0.15) is 15.9 Å². The van der Waals surface area contributed by atoms with Gasteiger partial charge in [0.1, 0.15) is 5.82 Å². The molecule has 0 aliphatic carbocycles. The Labute approximate surface area is 191 Å². The largest absolute Gasteiger partial charge is 0.368 e. The summed E-state index contributed by atoms with van der Waals surface area (Å²) in [5, 5.41) is 6.35. The lowest BCUT2D eigenvalue weighted by Crippen LogP contribution is -2.44. The third-order valence-corrected chi connectivity index (χ3v) is 6.58. The summed E-state index contributed by atoms with van der Waals surface area (Å²) in [6.07, 6.45) is 5.60. The van der Waals surface area contributed by atoms with Crippen molar-refractivity contribution in [1.82, 2.24) is 25.2 Å². The quantitative estimate of drug-likeness (QED) is 0.452. The molecule has 2 aliphatic heterocycles. The average Bonchev–Trinajstić information content (AvgIpc) is 3.48. The molecule has 0 saturated carbocycles. The highest BCUT2D eigenvalue weighted by molar-refractivity contribution is 6.07. The Morgan fingerprint density at radius 2 is 1.85 bits per heavy atom. The van der Waals surface area contributed by atoms with Crippen molar-refractivity contribution in [2.75, 3.05) is 43.4 Å². The van der Waals surface area contributed by atoms with Crippen LogP contribution in [-0.2, 0) is 6.54 Å². The van der Waals surface area contributed by atoms with Gasteiger partial charge in [0.05, 0.1) is 34.2 Å². The molecule has 3 aromatic heterocycles. The first kappa shape index (κ1) is 19.8. The van der Waals surface area contributed by atoms with E-state index in [1.807, 2.05) is 36.7 Å². The Hall–Kier alpha value is -3.91. The first-order valence-electron chi connectivity index (χ1n) is 11.2. The lowest BCUT2D eigenvalue weighted by atomic mass is 9.95. The van der Waals surface area contributed by atoms with Crippen LogP contribution in [0.4, 0.5) is 17.2 Å². The van der Waals surface area contributed by atoms with E-state index >= 15 is 0 Å². The molecule has 2 aliphatic rings. The van der Waals surface area contributed by atoms with Crippen molar-refractivity contribution < 1.29 is 4.79 Å². The van der Waals surface area contributed by atoms with E-state index in [0.717, 1.165) is 71.1 Å². The highest BCUT2D eigenvalue weighted by Crippen LogP contribution is 2.37. The van der Waals surface area contributed by atoms with Gasteiger partial charge in [0.15, 0.2) is 0 Å². The minimum absolute atomic E-state index is 0.0693. The number of nitrogens with zero attached hydrogens (tertiary/aromatic N) is 4. The number of benzene rings is 1. The van der Waals surface area contributed by atoms with Crippen molar-refractivity contribution in [1.29, 1.82) is 0 Å². The molecule has 166 valence electrons. The van der Waals surface area contributed by atoms with E-state index in [1.165, 1.54) is 0 Å². The lowest BCUT2D eigenvalue weighted by Gasteiger charge is -2.33. The second-order valence-electron chi connectivity index (χ2n) is 8.61. The van der Waals surface area contributed by atoms with Crippen LogP contribution in [-0.4, -0.2) is 59.0 Å². The van der Waals surface area contributed by atoms with Gasteiger partial charge in [0.25, 0.3) is 5.91 Å². The molecule has 8 nitrogen and oxygen atoms in total. The number of carbonyl (C=O) groups is 1. The van der Waals surface area contributed by atoms with Crippen LogP contribution in [0.15, 0.2) is 55.0 Å². The Balaban J connectivity index is 1.31. The maximum Gasteiger partial charge on any atom is 0.254 e. The number of amides is 1. The number of aromatic amines is 1. The standard InChI is InChI=1S/C25H25N7O/c1-31-10-12-32(13-11-31)16-2-5-22(28-14-16)30-20-4-3-17(19-15-29-25(33)23(19)20)18-6-8-26-21-7-9-27-24(18)21/h2-9,14,27H,10-13,15H2,1H3,(H,28,30)(H,29,33).